The van der Waals surface area contributed by atoms with Gasteiger partial charge in [0.05, 0.1) is 6.42 Å². The van der Waals surface area contributed by atoms with Crippen LogP contribution in [-0.4, -0.2) is 16.0 Å². The summed E-state index contributed by atoms with van der Waals surface area (Å²) < 4.78 is 5.77. The van der Waals surface area contributed by atoms with Gasteiger partial charge in [-0.1, -0.05) is 18.2 Å². The molecule has 1 atom stereocenters. The Morgan fingerprint density at radius 2 is 1.95 bits per heavy atom. The van der Waals surface area contributed by atoms with Crippen LogP contribution in [0.5, 0.6) is 17.2 Å². The normalized spacial score (nSPS) is 17.4. The highest BCUT2D eigenvalue weighted by molar-refractivity contribution is 6.02. The highest BCUT2D eigenvalue weighted by Crippen LogP contribution is 2.39. The summed E-state index contributed by atoms with van der Waals surface area (Å²) in [5, 5.41) is 19.5. The lowest BCUT2D eigenvalue weighted by Gasteiger charge is -2.26. The summed E-state index contributed by atoms with van der Waals surface area (Å²) in [6.45, 7) is 1.80. The van der Waals surface area contributed by atoms with Crippen molar-refractivity contribution in [1.82, 2.24) is 0 Å². The van der Waals surface area contributed by atoms with Gasteiger partial charge in [-0.15, -0.1) is 0 Å². The Morgan fingerprint density at radius 3 is 2.70 bits per heavy atom. The van der Waals surface area contributed by atoms with E-state index in [1.54, 1.807) is 31.2 Å². The van der Waals surface area contributed by atoms with Crippen LogP contribution in [0.15, 0.2) is 36.4 Å². The molecule has 1 aliphatic heterocycles. The van der Waals surface area contributed by atoms with Crippen LogP contribution in [0.4, 0.5) is 0 Å². The Hall–Kier alpha value is -2.49. The number of fused-ring (bicyclic) bond motifs is 1. The SMILES string of the molecule is Cc1ccc([C@@H]2CC(=O)c3c(O)cccc3O2)cc1O. The third-order valence-corrected chi connectivity index (χ3v) is 3.53. The summed E-state index contributed by atoms with van der Waals surface area (Å²) in [6, 6.07) is 10.0. The molecule has 1 aliphatic rings. The molecule has 0 bridgehead atoms. The lowest BCUT2D eigenvalue weighted by molar-refractivity contribution is 0.0845. The molecule has 0 spiro atoms. The molecule has 102 valence electrons. The van der Waals surface area contributed by atoms with E-state index in [4.69, 9.17) is 4.74 Å². The molecule has 0 aromatic heterocycles. The van der Waals surface area contributed by atoms with Gasteiger partial charge in [0, 0.05) is 0 Å². The van der Waals surface area contributed by atoms with E-state index >= 15 is 0 Å². The van der Waals surface area contributed by atoms with Gasteiger partial charge in [0.25, 0.3) is 0 Å². The van der Waals surface area contributed by atoms with Gasteiger partial charge in [-0.25, -0.2) is 0 Å². The van der Waals surface area contributed by atoms with E-state index in [2.05, 4.69) is 0 Å². The minimum atomic E-state index is -0.441. The van der Waals surface area contributed by atoms with Crippen LogP contribution in [0.2, 0.25) is 0 Å². The first-order valence-electron chi connectivity index (χ1n) is 6.37. The van der Waals surface area contributed by atoms with Gasteiger partial charge >= 0.3 is 0 Å². The average molecular weight is 270 g/mol. The summed E-state index contributed by atoms with van der Waals surface area (Å²) in [7, 11) is 0. The Labute approximate surface area is 116 Å². The maximum Gasteiger partial charge on any atom is 0.174 e. The topological polar surface area (TPSA) is 66.8 Å². The molecule has 0 unspecified atom stereocenters. The highest BCUT2D eigenvalue weighted by atomic mass is 16.5. The first kappa shape index (κ1) is 12.5. The second-order valence-electron chi connectivity index (χ2n) is 4.93. The fourth-order valence-electron chi connectivity index (χ4n) is 2.38. The number of benzene rings is 2. The first-order valence-corrected chi connectivity index (χ1v) is 6.37. The number of hydrogen-bond donors (Lipinski definition) is 2. The van der Waals surface area contributed by atoms with Crippen LogP contribution in [0, 0.1) is 6.92 Å². The van der Waals surface area contributed by atoms with Gasteiger partial charge < -0.3 is 14.9 Å². The average Bonchev–Trinajstić information content (AvgIpc) is 2.41. The van der Waals surface area contributed by atoms with Crippen molar-refractivity contribution in [2.45, 2.75) is 19.4 Å². The monoisotopic (exact) mass is 270 g/mol. The summed E-state index contributed by atoms with van der Waals surface area (Å²) >= 11 is 0. The number of carbonyl (C=O) groups is 1. The van der Waals surface area contributed by atoms with Crippen LogP contribution in [0.3, 0.4) is 0 Å². The summed E-state index contributed by atoms with van der Waals surface area (Å²) in [5.41, 5.74) is 1.75. The minimum Gasteiger partial charge on any atom is -0.508 e. The minimum absolute atomic E-state index is 0.0577. The Balaban J connectivity index is 1.99. The van der Waals surface area contributed by atoms with Crippen molar-refractivity contribution in [3.63, 3.8) is 0 Å². The number of ether oxygens (including phenoxy) is 1. The number of phenolic OH excluding ortho intramolecular Hbond substituents is 2. The highest BCUT2D eigenvalue weighted by Gasteiger charge is 2.30. The van der Waals surface area contributed by atoms with Gasteiger partial charge in [-0.2, -0.15) is 0 Å². The van der Waals surface area contributed by atoms with Gasteiger partial charge in [-0.05, 0) is 36.2 Å². The number of phenols is 2. The number of aromatic hydroxyl groups is 2. The van der Waals surface area contributed by atoms with Gasteiger partial charge in [0.15, 0.2) is 5.78 Å². The summed E-state index contributed by atoms with van der Waals surface area (Å²) in [6.07, 6.45) is -0.295. The molecule has 2 aromatic rings. The van der Waals surface area contributed by atoms with Gasteiger partial charge in [0.1, 0.15) is 28.9 Å². The number of carbonyl (C=O) groups excluding carboxylic acids is 1. The van der Waals surface area contributed by atoms with Gasteiger partial charge in [-0.3, -0.25) is 4.79 Å². The maximum absolute atomic E-state index is 12.1. The van der Waals surface area contributed by atoms with E-state index in [9.17, 15) is 15.0 Å². The predicted octanol–water partition coefficient (Wildman–Crippen LogP) is 3.11. The van der Waals surface area contributed by atoms with E-state index in [1.165, 1.54) is 6.07 Å². The molecule has 0 saturated heterocycles. The zero-order chi connectivity index (χ0) is 14.3. The maximum atomic E-state index is 12.1. The van der Waals surface area contributed by atoms with Crippen molar-refractivity contribution in [3.8, 4) is 17.2 Å². The van der Waals surface area contributed by atoms with Crippen molar-refractivity contribution in [2.24, 2.45) is 0 Å². The molecule has 20 heavy (non-hydrogen) atoms. The standard InChI is InChI=1S/C16H14O4/c1-9-5-6-10(7-12(9)18)15-8-13(19)16-11(17)3-2-4-14(16)20-15/h2-7,15,17-18H,8H2,1H3/t15-/m0/s1. The second kappa shape index (κ2) is 4.56. The fraction of sp³-hybridized carbons (Fsp3) is 0.188. The quantitative estimate of drug-likeness (QED) is 0.835. The molecular formula is C16H14O4. The molecule has 3 rings (SSSR count). The number of rotatable bonds is 1. The molecule has 0 saturated carbocycles. The molecule has 0 radical (unpaired) electrons. The molecule has 2 N–H and O–H groups in total. The third kappa shape index (κ3) is 1.99. The molecule has 0 aliphatic carbocycles. The molecular weight excluding hydrogens is 256 g/mol. The molecule has 4 nitrogen and oxygen atoms in total. The third-order valence-electron chi connectivity index (χ3n) is 3.53. The molecule has 0 fully saturated rings. The molecule has 1 heterocycles. The van der Waals surface area contributed by atoms with E-state index < -0.39 is 6.10 Å². The largest absolute Gasteiger partial charge is 0.508 e. The lowest BCUT2D eigenvalue weighted by atomic mass is 9.95. The van der Waals surface area contributed by atoms with Crippen LogP contribution >= 0.6 is 0 Å². The van der Waals surface area contributed by atoms with Gasteiger partial charge in [0.2, 0.25) is 0 Å². The van der Waals surface area contributed by atoms with Crippen LogP contribution in [0.1, 0.15) is 34.0 Å². The predicted molar refractivity (Wildman–Crippen MR) is 73.3 cm³/mol. The van der Waals surface area contributed by atoms with E-state index in [0.29, 0.717) is 5.75 Å². The summed E-state index contributed by atoms with van der Waals surface area (Å²) in [4.78, 5) is 12.1. The van der Waals surface area contributed by atoms with Crippen LogP contribution < -0.4 is 4.74 Å². The van der Waals surface area contributed by atoms with Crippen molar-refractivity contribution < 1.29 is 19.7 Å². The van der Waals surface area contributed by atoms with E-state index in [-0.39, 0.29) is 29.3 Å². The number of Topliss-reactive ketones (excluding diaryl/α,β-unsaturated/α-hetero) is 1. The zero-order valence-corrected chi connectivity index (χ0v) is 11.0. The van der Waals surface area contributed by atoms with E-state index in [1.807, 2.05) is 6.07 Å². The van der Waals surface area contributed by atoms with Crippen molar-refractivity contribution in [3.05, 3.63) is 53.1 Å². The van der Waals surface area contributed by atoms with Crippen molar-refractivity contribution >= 4 is 5.78 Å². The zero-order valence-electron chi connectivity index (χ0n) is 11.0. The second-order valence-corrected chi connectivity index (χ2v) is 4.93. The van der Waals surface area contributed by atoms with Crippen LogP contribution in [0.25, 0.3) is 0 Å². The number of ketones is 1. The van der Waals surface area contributed by atoms with E-state index in [0.717, 1.165) is 11.1 Å². The van der Waals surface area contributed by atoms with Crippen molar-refractivity contribution in [1.29, 1.82) is 0 Å². The number of aryl methyl sites for hydroxylation is 1. The Bertz CT molecular complexity index is 691. The molecule has 0 amide bonds. The lowest BCUT2D eigenvalue weighted by Crippen LogP contribution is -2.20. The van der Waals surface area contributed by atoms with Crippen LogP contribution in [-0.2, 0) is 0 Å². The fourth-order valence-corrected chi connectivity index (χ4v) is 2.38. The summed E-state index contributed by atoms with van der Waals surface area (Å²) in [5.74, 6) is 0.346. The smallest absolute Gasteiger partial charge is 0.174 e. The Kier molecular flexibility index (Phi) is 2.86. The molecule has 4 heteroatoms. The number of hydrogen-bond acceptors (Lipinski definition) is 4. The molecule has 2 aromatic carbocycles. The Morgan fingerprint density at radius 1 is 1.15 bits per heavy atom. The van der Waals surface area contributed by atoms with Crippen molar-refractivity contribution in [2.75, 3.05) is 0 Å². The first-order chi connectivity index (χ1) is 9.56.